The number of hydrogen-bond donors (Lipinski definition) is 2. The third-order valence-corrected chi connectivity index (χ3v) is 7.77. The molecule has 11 nitrogen and oxygen atoms in total. The number of likely N-dealkylation sites (tertiary alicyclic amines) is 1. The van der Waals surface area contributed by atoms with Gasteiger partial charge in [-0.3, -0.25) is 9.69 Å². The molecule has 0 saturated carbocycles. The van der Waals surface area contributed by atoms with Gasteiger partial charge in [-0.2, -0.15) is 0 Å². The van der Waals surface area contributed by atoms with Gasteiger partial charge >= 0.3 is 0 Å². The number of anilines is 3. The monoisotopic (exact) mass is 615 g/mol. The Morgan fingerprint density at radius 2 is 1.78 bits per heavy atom. The summed E-state index contributed by atoms with van der Waals surface area (Å²) in [6, 6.07) is 11.0. The van der Waals surface area contributed by atoms with Gasteiger partial charge < -0.3 is 29.4 Å². The number of fused-ring (bicyclic) bond motifs is 2. The molecule has 3 heterocycles. The third kappa shape index (κ3) is 6.07. The molecule has 6 rings (SSSR count). The summed E-state index contributed by atoms with van der Waals surface area (Å²) in [5.74, 6) is -1.23. The van der Waals surface area contributed by atoms with Gasteiger partial charge in [0.25, 0.3) is 5.91 Å². The lowest BCUT2D eigenvalue weighted by molar-refractivity contribution is -0.114. The summed E-state index contributed by atoms with van der Waals surface area (Å²) < 4.78 is 48.9. The Hall–Kier alpha value is -5.30. The van der Waals surface area contributed by atoms with Crippen LogP contribution in [-0.2, 0) is 11.8 Å². The molecular weight excluding hydrogens is 584 g/mol. The number of likely N-dealkylation sites (N-methyl/N-ethyl adjacent to an activating group) is 1. The highest BCUT2D eigenvalue weighted by molar-refractivity contribution is 6.05. The summed E-state index contributed by atoms with van der Waals surface area (Å²) in [6.07, 6.45) is 6.07. The van der Waals surface area contributed by atoms with Crippen molar-refractivity contribution in [3.05, 3.63) is 72.8 Å². The number of amides is 1. The average molecular weight is 616 g/mol. The van der Waals surface area contributed by atoms with Crippen LogP contribution in [0.5, 0.6) is 23.0 Å². The van der Waals surface area contributed by atoms with Crippen LogP contribution in [-0.4, -0.2) is 64.2 Å². The van der Waals surface area contributed by atoms with Crippen LogP contribution in [0.2, 0.25) is 0 Å². The zero-order chi connectivity index (χ0) is 31.7. The average Bonchev–Trinajstić information content (AvgIpc) is 3.62. The van der Waals surface area contributed by atoms with Crippen LogP contribution in [0.3, 0.4) is 0 Å². The molecule has 2 N–H and O–H groups in total. The topological polar surface area (TPSA) is 116 Å². The first kappa shape index (κ1) is 29.8. The molecule has 1 unspecified atom stereocenters. The molecule has 1 aliphatic rings. The smallest absolute Gasteiger partial charge is 0.284 e. The molecule has 1 atom stereocenters. The van der Waals surface area contributed by atoms with Gasteiger partial charge in [-0.05, 0) is 50.7 Å². The number of imidazole rings is 1. The van der Waals surface area contributed by atoms with Crippen LogP contribution in [0, 0.1) is 5.82 Å². The maximum absolute atomic E-state index is 15.4. The van der Waals surface area contributed by atoms with E-state index in [1.807, 2.05) is 29.6 Å². The van der Waals surface area contributed by atoms with E-state index in [0.29, 0.717) is 22.2 Å². The van der Waals surface area contributed by atoms with Gasteiger partial charge in [-0.15, -0.1) is 0 Å². The number of benzene rings is 3. The fourth-order valence-corrected chi connectivity index (χ4v) is 5.34. The fraction of sp³-hybridized carbons (Fsp3) is 0.250. The van der Waals surface area contributed by atoms with Crippen molar-refractivity contribution in [2.75, 3.05) is 38.4 Å². The fourth-order valence-electron chi connectivity index (χ4n) is 5.34. The number of ether oxygens (including phenoxy) is 3. The first-order valence-corrected chi connectivity index (χ1v) is 14.2. The lowest BCUT2D eigenvalue weighted by Crippen LogP contribution is -2.24. The number of carbonyl (C=O) groups excluding carboxylic acids is 1. The second-order valence-electron chi connectivity index (χ2n) is 10.7. The Morgan fingerprint density at radius 3 is 2.53 bits per heavy atom. The summed E-state index contributed by atoms with van der Waals surface area (Å²) in [4.78, 5) is 27.7. The van der Waals surface area contributed by atoms with Crippen molar-refractivity contribution in [3.8, 4) is 23.0 Å². The molecule has 0 radical (unpaired) electrons. The van der Waals surface area contributed by atoms with Crippen molar-refractivity contribution in [1.29, 1.82) is 0 Å². The van der Waals surface area contributed by atoms with Crippen molar-refractivity contribution in [3.63, 3.8) is 0 Å². The Morgan fingerprint density at radius 1 is 0.978 bits per heavy atom. The molecule has 0 spiro atoms. The predicted molar refractivity (Wildman–Crippen MR) is 167 cm³/mol. The van der Waals surface area contributed by atoms with Crippen molar-refractivity contribution in [2.45, 2.75) is 18.9 Å². The minimum absolute atomic E-state index is 0.0474. The molecule has 0 bridgehead atoms. The van der Waals surface area contributed by atoms with Gasteiger partial charge in [0.15, 0.2) is 17.4 Å². The maximum Gasteiger partial charge on any atom is 0.284 e. The van der Waals surface area contributed by atoms with Crippen LogP contribution < -0.4 is 24.8 Å². The van der Waals surface area contributed by atoms with Crippen LogP contribution in [0.25, 0.3) is 21.9 Å². The van der Waals surface area contributed by atoms with E-state index < -0.39 is 17.6 Å². The van der Waals surface area contributed by atoms with E-state index in [1.54, 1.807) is 30.6 Å². The third-order valence-electron chi connectivity index (χ3n) is 7.77. The van der Waals surface area contributed by atoms with Gasteiger partial charge in [0.05, 0.1) is 48.5 Å². The molecular formula is C32H31F2N7O4. The van der Waals surface area contributed by atoms with E-state index in [1.165, 1.54) is 38.8 Å². The molecule has 1 fully saturated rings. The van der Waals surface area contributed by atoms with Gasteiger partial charge in [0.2, 0.25) is 0 Å². The highest BCUT2D eigenvalue weighted by atomic mass is 19.1. The van der Waals surface area contributed by atoms with Crippen molar-refractivity contribution in [2.24, 2.45) is 7.05 Å². The van der Waals surface area contributed by atoms with Crippen molar-refractivity contribution in [1.82, 2.24) is 24.4 Å². The molecule has 1 saturated heterocycles. The normalized spacial score (nSPS) is 15.4. The van der Waals surface area contributed by atoms with E-state index in [4.69, 9.17) is 14.2 Å². The first-order valence-electron chi connectivity index (χ1n) is 14.2. The molecule has 2 aromatic heterocycles. The highest BCUT2D eigenvalue weighted by Gasteiger charge is 2.23. The van der Waals surface area contributed by atoms with Gasteiger partial charge in [-0.1, -0.05) is 0 Å². The summed E-state index contributed by atoms with van der Waals surface area (Å²) in [5, 5.41) is 6.14. The second-order valence-corrected chi connectivity index (χ2v) is 10.7. The first-order chi connectivity index (χ1) is 21.7. The minimum atomic E-state index is -0.902. The molecule has 0 aliphatic carbocycles. The van der Waals surface area contributed by atoms with E-state index >= 15 is 4.39 Å². The predicted octanol–water partition coefficient (Wildman–Crippen LogP) is 6.09. The number of nitrogens with zero attached hydrogens (tertiary/aromatic N) is 5. The quantitative estimate of drug-likeness (QED) is 0.190. The van der Waals surface area contributed by atoms with Crippen LogP contribution in [0.1, 0.15) is 12.8 Å². The van der Waals surface area contributed by atoms with E-state index in [-0.39, 0.29) is 40.5 Å². The SMILES string of the molecule is COc1cc2ncnc(Nc3cc(F)c(Oc4ccc5c(c4)ncn5C)cc3OC)c2cc1NC(=O)/C(F)=C/C1CCCN1C. The number of halogens is 2. The van der Waals surface area contributed by atoms with Crippen LogP contribution in [0.4, 0.5) is 26.0 Å². The standard InChI is InChI=1S/C32H31F2N7O4/c1-40-9-5-6-18(40)10-22(34)32(42)39-25-12-20-23(14-29(25)43-3)35-16-36-31(20)38-26-13-21(33)28(15-30(26)44-4)45-19-7-8-27-24(11-19)37-17-41(27)2/h7-8,10-18H,5-6,9H2,1-4H3,(H,39,42)(H,35,36,38)/b22-10-. The minimum Gasteiger partial charge on any atom is -0.494 e. The zero-order valence-electron chi connectivity index (χ0n) is 25.1. The number of rotatable bonds is 9. The van der Waals surface area contributed by atoms with Crippen molar-refractivity contribution < 1.29 is 27.8 Å². The lowest BCUT2D eigenvalue weighted by Gasteiger charge is -2.17. The number of nitrogens with one attached hydrogen (secondary N) is 2. The zero-order valence-corrected chi connectivity index (χ0v) is 25.1. The van der Waals surface area contributed by atoms with E-state index in [2.05, 4.69) is 25.6 Å². The Kier molecular flexibility index (Phi) is 8.18. The second kappa shape index (κ2) is 12.4. The number of methoxy groups -OCH3 is 2. The molecule has 232 valence electrons. The van der Waals surface area contributed by atoms with Gasteiger partial charge in [0.1, 0.15) is 29.4 Å². The number of aryl methyl sites for hydroxylation is 1. The Bertz CT molecular complexity index is 1940. The largest absolute Gasteiger partial charge is 0.494 e. The molecule has 1 amide bonds. The summed E-state index contributed by atoms with van der Waals surface area (Å²) in [6.45, 7) is 0.844. The molecule has 13 heteroatoms. The number of hydrogen-bond acceptors (Lipinski definition) is 9. The van der Waals surface area contributed by atoms with Gasteiger partial charge in [0, 0.05) is 42.7 Å². The summed E-state index contributed by atoms with van der Waals surface area (Å²) in [7, 11) is 6.66. The Balaban J connectivity index is 1.28. The van der Waals surface area contributed by atoms with Crippen molar-refractivity contribution >= 4 is 45.0 Å². The summed E-state index contributed by atoms with van der Waals surface area (Å²) >= 11 is 0. The number of carbonyl (C=O) groups is 1. The number of aromatic nitrogens is 4. The van der Waals surface area contributed by atoms with Crippen LogP contribution >= 0.6 is 0 Å². The maximum atomic E-state index is 15.4. The Labute approximate surface area is 257 Å². The summed E-state index contributed by atoms with van der Waals surface area (Å²) in [5.41, 5.74) is 2.57. The molecule has 45 heavy (non-hydrogen) atoms. The van der Waals surface area contributed by atoms with Gasteiger partial charge in [-0.25, -0.2) is 23.7 Å². The lowest BCUT2D eigenvalue weighted by atomic mass is 10.1. The van der Waals surface area contributed by atoms with E-state index in [9.17, 15) is 9.18 Å². The molecule has 1 aliphatic heterocycles. The molecule has 5 aromatic rings. The van der Waals surface area contributed by atoms with Crippen LogP contribution in [0.15, 0.2) is 67.0 Å². The highest BCUT2D eigenvalue weighted by Crippen LogP contribution is 2.39. The molecule has 3 aromatic carbocycles. The van der Waals surface area contributed by atoms with E-state index in [0.717, 1.165) is 24.9 Å².